The molecule has 0 unspecified atom stereocenters. The highest BCUT2D eigenvalue weighted by atomic mass is 32.1. The summed E-state index contributed by atoms with van der Waals surface area (Å²) in [4.78, 5) is 16.2. The Kier molecular flexibility index (Phi) is 4.01. The van der Waals surface area contributed by atoms with Gasteiger partial charge in [-0.25, -0.2) is 9.78 Å². The van der Waals surface area contributed by atoms with E-state index < -0.39 is 5.97 Å². The van der Waals surface area contributed by atoms with E-state index in [1.54, 1.807) is 18.3 Å². The third-order valence-corrected chi connectivity index (χ3v) is 3.34. The zero-order valence-corrected chi connectivity index (χ0v) is 11.4. The summed E-state index contributed by atoms with van der Waals surface area (Å²) in [5.41, 5.74) is 0.113. The second-order valence-corrected chi connectivity index (χ2v) is 5.12. The van der Waals surface area contributed by atoms with Crippen LogP contribution in [0.1, 0.15) is 20.2 Å². The molecule has 1 N–H and O–H groups in total. The summed E-state index contributed by atoms with van der Waals surface area (Å²) in [6.45, 7) is 2.20. The van der Waals surface area contributed by atoms with E-state index in [0.717, 1.165) is 9.88 Å². The van der Waals surface area contributed by atoms with Crippen molar-refractivity contribution in [1.29, 1.82) is 0 Å². The highest BCUT2D eigenvalue weighted by Gasteiger charge is 2.13. The average Bonchev–Trinajstić information content (AvgIpc) is 2.81. The normalized spacial score (nSPS) is 10.2. The number of carbonyl (C=O) groups is 1. The molecule has 0 aliphatic rings. The molecular formula is C13H13NO4S. The van der Waals surface area contributed by atoms with Gasteiger partial charge in [-0.05, 0) is 19.1 Å². The van der Waals surface area contributed by atoms with Crippen molar-refractivity contribution in [2.45, 2.75) is 13.5 Å². The fourth-order valence-corrected chi connectivity index (χ4v) is 2.25. The number of thiazole rings is 1. The lowest BCUT2D eigenvalue weighted by Crippen LogP contribution is -2.03. The van der Waals surface area contributed by atoms with Gasteiger partial charge in [-0.2, -0.15) is 0 Å². The van der Waals surface area contributed by atoms with E-state index in [1.165, 1.54) is 24.5 Å². The number of benzene rings is 1. The molecule has 0 saturated carbocycles. The van der Waals surface area contributed by atoms with Crippen LogP contribution in [-0.2, 0) is 6.61 Å². The summed E-state index contributed by atoms with van der Waals surface area (Å²) in [6, 6.07) is 4.62. The van der Waals surface area contributed by atoms with E-state index in [9.17, 15) is 4.79 Å². The number of hydrogen-bond donors (Lipinski definition) is 1. The van der Waals surface area contributed by atoms with Gasteiger partial charge in [-0.15, -0.1) is 11.3 Å². The standard InChI is InChI=1S/C13H13NO4S/c1-8-14-6-10(19-8)7-18-12-5-9(17-2)3-4-11(12)13(15)16/h3-6H,7H2,1-2H3,(H,15,16). The number of nitrogens with zero attached hydrogens (tertiary/aromatic N) is 1. The molecule has 6 heteroatoms. The van der Waals surface area contributed by atoms with Crippen LogP contribution in [0, 0.1) is 6.92 Å². The Labute approximate surface area is 114 Å². The van der Waals surface area contributed by atoms with Crippen molar-refractivity contribution in [2.24, 2.45) is 0 Å². The van der Waals surface area contributed by atoms with Crippen molar-refractivity contribution < 1.29 is 19.4 Å². The molecule has 1 aromatic carbocycles. The molecule has 100 valence electrons. The van der Waals surface area contributed by atoms with Gasteiger partial charge in [-0.3, -0.25) is 0 Å². The van der Waals surface area contributed by atoms with E-state index in [-0.39, 0.29) is 11.3 Å². The number of methoxy groups -OCH3 is 1. The van der Waals surface area contributed by atoms with Crippen molar-refractivity contribution in [3.8, 4) is 11.5 Å². The Balaban J connectivity index is 2.19. The highest BCUT2D eigenvalue weighted by Crippen LogP contribution is 2.26. The van der Waals surface area contributed by atoms with Gasteiger partial charge in [-0.1, -0.05) is 0 Å². The Bertz CT molecular complexity index is 594. The van der Waals surface area contributed by atoms with Crippen LogP contribution in [0.15, 0.2) is 24.4 Å². The van der Waals surface area contributed by atoms with Gasteiger partial charge in [0.05, 0.1) is 17.0 Å². The average molecular weight is 279 g/mol. The zero-order valence-electron chi connectivity index (χ0n) is 10.5. The molecule has 0 radical (unpaired) electrons. The summed E-state index contributed by atoms with van der Waals surface area (Å²) < 4.78 is 10.6. The van der Waals surface area contributed by atoms with Gasteiger partial charge in [0.2, 0.25) is 0 Å². The first kappa shape index (κ1) is 13.4. The van der Waals surface area contributed by atoms with E-state index in [2.05, 4.69) is 4.98 Å². The van der Waals surface area contributed by atoms with Crippen LogP contribution in [0.3, 0.4) is 0 Å². The Hall–Kier alpha value is -2.08. The number of aryl methyl sites for hydroxylation is 1. The van der Waals surface area contributed by atoms with Crippen LogP contribution >= 0.6 is 11.3 Å². The minimum absolute atomic E-state index is 0.113. The molecule has 0 spiro atoms. The first-order chi connectivity index (χ1) is 9.10. The van der Waals surface area contributed by atoms with Gasteiger partial charge in [0.15, 0.2) is 0 Å². The van der Waals surface area contributed by atoms with E-state index in [1.807, 2.05) is 6.92 Å². The van der Waals surface area contributed by atoms with Gasteiger partial charge in [0.1, 0.15) is 23.7 Å². The summed E-state index contributed by atoms with van der Waals surface area (Å²) >= 11 is 1.52. The van der Waals surface area contributed by atoms with E-state index in [0.29, 0.717) is 12.4 Å². The lowest BCUT2D eigenvalue weighted by atomic mass is 10.2. The van der Waals surface area contributed by atoms with Crippen LogP contribution in [0.4, 0.5) is 0 Å². The largest absolute Gasteiger partial charge is 0.497 e. The fourth-order valence-electron chi connectivity index (χ4n) is 1.55. The zero-order chi connectivity index (χ0) is 13.8. The molecule has 0 saturated heterocycles. The third-order valence-electron chi connectivity index (χ3n) is 2.46. The fraction of sp³-hybridized carbons (Fsp3) is 0.231. The number of rotatable bonds is 5. The van der Waals surface area contributed by atoms with Crippen LogP contribution in [0.5, 0.6) is 11.5 Å². The van der Waals surface area contributed by atoms with E-state index >= 15 is 0 Å². The third kappa shape index (κ3) is 3.23. The number of carboxylic acid groups (broad SMARTS) is 1. The first-order valence-corrected chi connectivity index (χ1v) is 6.37. The molecular weight excluding hydrogens is 266 g/mol. The number of hydrogen-bond acceptors (Lipinski definition) is 5. The van der Waals surface area contributed by atoms with Crippen LogP contribution < -0.4 is 9.47 Å². The van der Waals surface area contributed by atoms with Crippen LogP contribution in [0.2, 0.25) is 0 Å². The monoisotopic (exact) mass is 279 g/mol. The van der Waals surface area contributed by atoms with E-state index in [4.69, 9.17) is 14.6 Å². The molecule has 5 nitrogen and oxygen atoms in total. The lowest BCUT2D eigenvalue weighted by molar-refractivity contribution is 0.0692. The molecule has 2 aromatic rings. The smallest absolute Gasteiger partial charge is 0.339 e. The first-order valence-electron chi connectivity index (χ1n) is 5.55. The molecule has 2 rings (SSSR count). The summed E-state index contributed by atoms with van der Waals surface area (Å²) in [7, 11) is 1.52. The van der Waals surface area contributed by atoms with Gasteiger partial charge in [0, 0.05) is 12.3 Å². The molecule has 0 bridgehead atoms. The maximum atomic E-state index is 11.1. The topological polar surface area (TPSA) is 68.7 Å². The SMILES string of the molecule is COc1ccc(C(=O)O)c(OCc2cnc(C)s2)c1. The van der Waals surface area contributed by atoms with Crippen molar-refractivity contribution in [3.05, 3.63) is 39.8 Å². The highest BCUT2D eigenvalue weighted by molar-refractivity contribution is 7.11. The number of carboxylic acids is 1. The lowest BCUT2D eigenvalue weighted by Gasteiger charge is -2.09. The Morgan fingerprint density at radius 1 is 1.47 bits per heavy atom. The number of aromatic nitrogens is 1. The van der Waals surface area contributed by atoms with Crippen molar-refractivity contribution in [2.75, 3.05) is 7.11 Å². The van der Waals surface area contributed by atoms with Gasteiger partial charge >= 0.3 is 5.97 Å². The quantitative estimate of drug-likeness (QED) is 0.911. The molecule has 0 aliphatic carbocycles. The predicted molar refractivity (Wildman–Crippen MR) is 71.1 cm³/mol. The molecule has 0 aliphatic heterocycles. The number of ether oxygens (including phenoxy) is 2. The summed E-state index contributed by atoms with van der Waals surface area (Å²) in [5, 5.41) is 10.0. The summed E-state index contributed by atoms with van der Waals surface area (Å²) in [5.74, 6) is -0.184. The van der Waals surface area contributed by atoms with Gasteiger partial charge < -0.3 is 14.6 Å². The summed E-state index contributed by atoms with van der Waals surface area (Å²) in [6.07, 6.45) is 1.72. The Morgan fingerprint density at radius 2 is 2.26 bits per heavy atom. The second kappa shape index (κ2) is 5.71. The molecule has 0 amide bonds. The second-order valence-electron chi connectivity index (χ2n) is 3.80. The molecule has 19 heavy (non-hydrogen) atoms. The molecule has 1 aromatic heterocycles. The number of aromatic carboxylic acids is 1. The van der Waals surface area contributed by atoms with Crippen molar-refractivity contribution in [3.63, 3.8) is 0 Å². The molecule has 0 fully saturated rings. The maximum absolute atomic E-state index is 11.1. The van der Waals surface area contributed by atoms with Crippen molar-refractivity contribution >= 4 is 17.3 Å². The van der Waals surface area contributed by atoms with Crippen LogP contribution in [0.25, 0.3) is 0 Å². The van der Waals surface area contributed by atoms with Crippen LogP contribution in [-0.4, -0.2) is 23.2 Å². The van der Waals surface area contributed by atoms with Gasteiger partial charge in [0.25, 0.3) is 0 Å². The molecule has 0 atom stereocenters. The predicted octanol–water partition coefficient (Wildman–Crippen LogP) is 2.74. The minimum atomic E-state index is -1.03. The molecule has 1 heterocycles. The maximum Gasteiger partial charge on any atom is 0.339 e. The minimum Gasteiger partial charge on any atom is -0.497 e. The van der Waals surface area contributed by atoms with Crippen molar-refractivity contribution in [1.82, 2.24) is 4.98 Å². The Morgan fingerprint density at radius 3 is 2.84 bits per heavy atom.